The van der Waals surface area contributed by atoms with Crippen molar-refractivity contribution >= 4 is 18.3 Å². The summed E-state index contributed by atoms with van der Waals surface area (Å²) in [6.07, 6.45) is 3.33. The molecule has 1 saturated heterocycles. The van der Waals surface area contributed by atoms with Gasteiger partial charge in [-0.2, -0.15) is 0 Å². The lowest BCUT2D eigenvalue weighted by Crippen LogP contribution is -2.48. The summed E-state index contributed by atoms with van der Waals surface area (Å²) >= 11 is 0. The van der Waals surface area contributed by atoms with E-state index in [1.165, 1.54) is 5.56 Å². The molecule has 2 heterocycles. The number of carbonyl (C=O) groups excluding carboxylic acids is 1. The Balaban J connectivity index is 0.00000176. The van der Waals surface area contributed by atoms with Crippen LogP contribution in [0.1, 0.15) is 15.9 Å². The molecule has 0 radical (unpaired) electrons. The molecule has 0 atom stereocenters. The maximum atomic E-state index is 12.3. The van der Waals surface area contributed by atoms with Gasteiger partial charge in [0.15, 0.2) is 0 Å². The third-order valence-corrected chi connectivity index (χ3v) is 3.84. The first-order valence-corrected chi connectivity index (χ1v) is 7.28. The van der Waals surface area contributed by atoms with E-state index >= 15 is 0 Å². The van der Waals surface area contributed by atoms with E-state index < -0.39 is 0 Å². The Labute approximate surface area is 137 Å². The van der Waals surface area contributed by atoms with Crippen molar-refractivity contribution in [3.63, 3.8) is 0 Å². The number of halogens is 1. The molecule has 0 saturated carbocycles. The monoisotopic (exact) mass is 317 g/mol. The topological polar surface area (TPSA) is 36.4 Å². The van der Waals surface area contributed by atoms with Crippen LogP contribution in [0.15, 0.2) is 54.9 Å². The van der Waals surface area contributed by atoms with Crippen LogP contribution < -0.4 is 0 Å². The zero-order valence-corrected chi connectivity index (χ0v) is 13.2. The van der Waals surface area contributed by atoms with E-state index in [9.17, 15) is 4.79 Å². The van der Waals surface area contributed by atoms with E-state index in [1.54, 1.807) is 24.5 Å². The average molecular weight is 318 g/mol. The minimum Gasteiger partial charge on any atom is -0.336 e. The quantitative estimate of drug-likeness (QED) is 0.872. The molecule has 0 unspecified atom stereocenters. The molecule has 116 valence electrons. The fraction of sp³-hybridized carbons (Fsp3) is 0.294. The lowest BCUT2D eigenvalue weighted by atomic mass is 10.2. The highest BCUT2D eigenvalue weighted by Gasteiger charge is 2.21. The first kappa shape index (κ1) is 16.5. The minimum absolute atomic E-state index is 0. The number of carbonyl (C=O) groups is 1. The molecule has 1 aliphatic heterocycles. The number of piperazine rings is 1. The Bertz CT molecular complexity index is 583. The predicted octanol–water partition coefficient (Wildman–Crippen LogP) is 2.46. The van der Waals surface area contributed by atoms with Gasteiger partial charge in [-0.15, -0.1) is 12.4 Å². The van der Waals surface area contributed by atoms with Crippen molar-refractivity contribution < 1.29 is 4.79 Å². The first-order chi connectivity index (χ1) is 10.3. The van der Waals surface area contributed by atoms with Gasteiger partial charge in [0.25, 0.3) is 5.91 Å². The predicted molar refractivity (Wildman–Crippen MR) is 89.1 cm³/mol. The van der Waals surface area contributed by atoms with Crippen LogP contribution >= 0.6 is 12.4 Å². The van der Waals surface area contributed by atoms with Gasteiger partial charge in [-0.05, 0) is 17.7 Å². The molecule has 22 heavy (non-hydrogen) atoms. The van der Waals surface area contributed by atoms with Crippen LogP contribution in [0.2, 0.25) is 0 Å². The van der Waals surface area contributed by atoms with Crippen LogP contribution in [0, 0.1) is 0 Å². The molecule has 4 nitrogen and oxygen atoms in total. The third kappa shape index (κ3) is 4.06. The Kier molecular flexibility index (Phi) is 5.92. The maximum Gasteiger partial charge on any atom is 0.254 e. The van der Waals surface area contributed by atoms with Crippen molar-refractivity contribution in [1.29, 1.82) is 0 Å². The SMILES string of the molecule is Cl.O=C(c1ccncc1)N1CCN(Cc2ccccc2)CC1. The summed E-state index contributed by atoms with van der Waals surface area (Å²) in [7, 11) is 0. The van der Waals surface area contributed by atoms with Crippen LogP contribution in [0.5, 0.6) is 0 Å². The summed E-state index contributed by atoms with van der Waals surface area (Å²) in [6, 6.07) is 14.0. The van der Waals surface area contributed by atoms with Gasteiger partial charge in [-0.25, -0.2) is 0 Å². The van der Waals surface area contributed by atoms with Crippen LogP contribution in [-0.4, -0.2) is 46.9 Å². The summed E-state index contributed by atoms with van der Waals surface area (Å²) < 4.78 is 0. The number of nitrogens with zero attached hydrogens (tertiary/aromatic N) is 3. The second-order valence-corrected chi connectivity index (χ2v) is 5.29. The molecule has 0 bridgehead atoms. The van der Waals surface area contributed by atoms with Crippen molar-refractivity contribution in [2.75, 3.05) is 26.2 Å². The van der Waals surface area contributed by atoms with E-state index in [2.05, 4.69) is 34.1 Å². The first-order valence-electron chi connectivity index (χ1n) is 7.28. The molecule has 2 aromatic rings. The second kappa shape index (κ2) is 7.92. The molecule has 1 fully saturated rings. The fourth-order valence-electron chi connectivity index (χ4n) is 2.63. The summed E-state index contributed by atoms with van der Waals surface area (Å²) in [5.74, 6) is 0.108. The highest BCUT2D eigenvalue weighted by atomic mass is 35.5. The Morgan fingerprint density at radius 1 is 0.955 bits per heavy atom. The van der Waals surface area contributed by atoms with Gasteiger partial charge < -0.3 is 4.90 Å². The standard InChI is InChI=1S/C17H19N3O.ClH/c21-17(16-6-8-18-9-7-16)20-12-10-19(11-13-20)14-15-4-2-1-3-5-15;/h1-9H,10-14H2;1H. The number of hydrogen-bond donors (Lipinski definition) is 0. The molecule has 0 N–H and O–H groups in total. The average Bonchev–Trinajstić information content (AvgIpc) is 2.57. The Morgan fingerprint density at radius 2 is 1.59 bits per heavy atom. The number of hydrogen-bond acceptors (Lipinski definition) is 3. The van der Waals surface area contributed by atoms with Crippen LogP contribution in [0.4, 0.5) is 0 Å². The van der Waals surface area contributed by atoms with Crippen LogP contribution in [0.3, 0.4) is 0 Å². The summed E-state index contributed by atoms with van der Waals surface area (Å²) in [6.45, 7) is 4.37. The van der Waals surface area contributed by atoms with Crippen molar-refractivity contribution in [3.05, 3.63) is 66.0 Å². The zero-order valence-electron chi connectivity index (χ0n) is 12.4. The van der Waals surface area contributed by atoms with E-state index in [0.29, 0.717) is 0 Å². The van der Waals surface area contributed by atoms with Crippen LogP contribution in [0.25, 0.3) is 0 Å². The van der Waals surface area contributed by atoms with Crippen molar-refractivity contribution in [1.82, 2.24) is 14.8 Å². The number of benzene rings is 1. The Hall–Kier alpha value is -1.91. The molecular weight excluding hydrogens is 298 g/mol. The largest absolute Gasteiger partial charge is 0.336 e. The molecule has 1 aromatic carbocycles. The molecule has 0 aliphatic carbocycles. The molecule has 5 heteroatoms. The van der Waals surface area contributed by atoms with Crippen molar-refractivity contribution in [3.8, 4) is 0 Å². The van der Waals surface area contributed by atoms with Gasteiger partial charge in [0.05, 0.1) is 0 Å². The van der Waals surface area contributed by atoms with Gasteiger partial charge in [-0.3, -0.25) is 14.7 Å². The number of rotatable bonds is 3. The van der Waals surface area contributed by atoms with Crippen molar-refractivity contribution in [2.45, 2.75) is 6.54 Å². The molecule has 3 rings (SSSR count). The zero-order chi connectivity index (χ0) is 14.5. The van der Waals surface area contributed by atoms with Gasteiger partial charge in [-0.1, -0.05) is 30.3 Å². The highest BCUT2D eigenvalue weighted by molar-refractivity contribution is 5.94. The highest BCUT2D eigenvalue weighted by Crippen LogP contribution is 2.11. The molecule has 0 spiro atoms. The summed E-state index contributed by atoms with van der Waals surface area (Å²) in [5, 5.41) is 0. The van der Waals surface area contributed by atoms with Gasteiger partial charge >= 0.3 is 0 Å². The Morgan fingerprint density at radius 3 is 2.23 bits per heavy atom. The van der Waals surface area contributed by atoms with Crippen LogP contribution in [-0.2, 0) is 6.54 Å². The number of amides is 1. The van der Waals surface area contributed by atoms with Gasteiger partial charge in [0.1, 0.15) is 0 Å². The smallest absolute Gasteiger partial charge is 0.254 e. The maximum absolute atomic E-state index is 12.3. The van der Waals surface area contributed by atoms with E-state index in [0.717, 1.165) is 38.3 Å². The summed E-state index contributed by atoms with van der Waals surface area (Å²) in [5.41, 5.74) is 2.05. The lowest BCUT2D eigenvalue weighted by molar-refractivity contribution is 0.0628. The van der Waals surface area contributed by atoms with Crippen molar-refractivity contribution in [2.24, 2.45) is 0 Å². The van der Waals surface area contributed by atoms with E-state index in [1.807, 2.05) is 11.0 Å². The molecule has 1 aromatic heterocycles. The number of aromatic nitrogens is 1. The minimum atomic E-state index is 0. The van der Waals surface area contributed by atoms with E-state index in [-0.39, 0.29) is 18.3 Å². The van der Waals surface area contributed by atoms with Gasteiger partial charge in [0, 0.05) is 50.7 Å². The second-order valence-electron chi connectivity index (χ2n) is 5.29. The summed E-state index contributed by atoms with van der Waals surface area (Å²) in [4.78, 5) is 20.6. The van der Waals surface area contributed by atoms with Gasteiger partial charge in [0.2, 0.25) is 0 Å². The van der Waals surface area contributed by atoms with E-state index in [4.69, 9.17) is 0 Å². The third-order valence-electron chi connectivity index (χ3n) is 3.84. The number of pyridine rings is 1. The fourth-order valence-corrected chi connectivity index (χ4v) is 2.63. The molecular formula is C17H20ClN3O. The normalized spacial score (nSPS) is 15.2. The lowest BCUT2D eigenvalue weighted by Gasteiger charge is -2.34. The molecule has 1 aliphatic rings. The molecule has 1 amide bonds.